The zero-order valence-corrected chi connectivity index (χ0v) is 19.8. The smallest absolute Gasteiger partial charge is 0.411 e. The quantitative estimate of drug-likeness (QED) is 0.490. The first-order chi connectivity index (χ1) is 15.2. The second-order valence-corrected chi connectivity index (χ2v) is 9.65. The van der Waals surface area contributed by atoms with Gasteiger partial charge in [0.1, 0.15) is 0 Å². The third-order valence-corrected chi connectivity index (χ3v) is 6.36. The van der Waals surface area contributed by atoms with Crippen molar-refractivity contribution in [1.82, 2.24) is 10.3 Å². The van der Waals surface area contributed by atoms with Crippen LogP contribution in [0.25, 0.3) is 10.4 Å². The molecule has 4 N–H and O–H groups in total. The first kappa shape index (κ1) is 23.8. The van der Waals surface area contributed by atoms with Gasteiger partial charge in [-0.2, -0.15) is 0 Å². The van der Waals surface area contributed by atoms with Gasteiger partial charge in [-0.1, -0.05) is 0 Å². The first-order valence-electron chi connectivity index (χ1n) is 11.0. The van der Waals surface area contributed by atoms with Gasteiger partial charge in [0, 0.05) is 35.1 Å². The topological polar surface area (TPSA) is 116 Å². The maximum absolute atomic E-state index is 11.8. The molecule has 0 bridgehead atoms. The standard InChI is InChI=1S/C23H32N4O4S/c1-13(2)30-22(28)26-16-7-5-15(6-8-16)21-25-12-20(32-21)18-10-9-17(11-19(18)24)27-23(29)31-14(3)4/h9-16H,5-8,24H2,1-4H3,(H,26,28)(H,27,29)/t15-,16-. The van der Waals surface area contributed by atoms with Crippen LogP contribution in [0.5, 0.6) is 0 Å². The van der Waals surface area contributed by atoms with Crippen LogP contribution in [0.3, 0.4) is 0 Å². The number of aromatic nitrogens is 1. The molecule has 0 unspecified atom stereocenters. The highest BCUT2D eigenvalue weighted by atomic mass is 32.1. The van der Waals surface area contributed by atoms with Gasteiger partial charge in [0.15, 0.2) is 0 Å². The van der Waals surface area contributed by atoms with E-state index >= 15 is 0 Å². The largest absolute Gasteiger partial charge is 0.447 e. The molecule has 2 aromatic rings. The maximum Gasteiger partial charge on any atom is 0.411 e. The summed E-state index contributed by atoms with van der Waals surface area (Å²) >= 11 is 1.64. The Morgan fingerprint density at radius 3 is 2.34 bits per heavy atom. The summed E-state index contributed by atoms with van der Waals surface area (Å²) in [6.45, 7) is 7.27. The van der Waals surface area contributed by atoms with Crippen LogP contribution in [0.1, 0.15) is 64.3 Å². The third-order valence-electron chi connectivity index (χ3n) is 5.17. The Morgan fingerprint density at radius 2 is 1.72 bits per heavy atom. The number of anilines is 2. The number of nitrogens with one attached hydrogen (secondary N) is 2. The molecule has 8 nitrogen and oxygen atoms in total. The number of nitrogens with zero attached hydrogens (tertiary/aromatic N) is 1. The fraction of sp³-hybridized carbons (Fsp3) is 0.522. The van der Waals surface area contributed by atoms with E-state index in [0.717, 1.165) is 41.1 Å². The van der Waals surface area contributed by atoms with Gasteiger partial charge in [-0.3, -0.25) is 5.32 Å². The van der Waals surface area contributed by atoms with Crippen molar-refractivity contribution in [3.63, 3.8) is 0 Å². The Morgan fingerprint density at radius 1 is 1.06 bits per heavy atom. The van der Waals surface area contributed by atoms with Crippen molar-refractivity contribution >= 4 is 34.9 Å². The number of nitrogen functional groups attached to an aromatic ring is 1. The lowest BCUT2D eigenvalue weighted by Crippen LogP contribution is -2.38. The number of benzene rings is 1. The fourth-order valence-corrected chi connectivity index (χ4v) is 4.86. The Bertz CT molecular complexity index is 936. The van der Waals surface area contributed by atoms with E-state index in [9.17, 15) is 9.59 Å². The number of hydrogen-bond acceptors (Lipinski definition) is 7. The van der Waals surface area contributed by atoms with Crippen LogP contribution in [0.2, 0.25) is 0 Å². The van der Waals surface area contributed by atoms with Gasteiger partial charge in [0.25, 0.3) is 0 Å². The van der Waals surface area contributed by atoms with Crippen LogP contribution in [-0.4, -0.2) is 35.4 Å². The Hall–Kier alpha value is -2.81. The number of alkyl carbamates (subject to hydrolysis) is 1. The minimum Gasteiger partial charge on any atom is -0.447 e. The van der Waals surface area contributed by atoms with Crippen molar-refractivity contribution in [2.75, 3.05) is 11.1 Å². The highest BCUT2D eigenvalue weighted by Gasteiger charge is 2.26. The molecule has 1 aromatic heterocycles. The summed E-state index contributed by atoms with van der Waals surface area (Å²) in [6, 6.07) is 5.57. The molecule has 0 spiro atoms. The minimum atomic E-state index is -0.505. The zero-order valence-electron chi connectivity index (χ0n) is 19.0. The van der Waals surface area contributed by atoms with Crippen molar-refractivity contribution in [1.29, 1.82) is 0 Å². The van der Waals surface area contributed by atoms with Crippen LogP contribution < -0.4 is 16.4 Å². The lowest BCUT2D eigenvalue weighted by molar-refractivity contribution is 0.109. The molecule has 2 amide bonds. The molecular weight excluding hydrogens is 428 g/mol. The molecule has 174 valence electrons. The predicted octanol–water partition coefficient (Wildman–Crippen LogP) is 5.51. The Balaban J connectivity index is 1.58. The van der Waals surface area contributed by atoms with E-state index in [4.69, 9.17) is 15.2 Å². The van der Waals surface area contributed by atoms with Crippen LogP contribution in [0, 0.1) is 0 Å². The highest BCUT2D eigenvalue weighted by Crippen LogP contribution is 2.39. The highest BCUT2D eigenvalue weighted by molar-refractivity contribution is 7.15. The van der Waals surface area contributed by atoms with E-state index in [-0.39, 0.29) is 24.3 Å². The van der Waals surface area contributed by atoms with Crippen molar-refractivity contribution in [3.8, 4) is 10.4 Å². The van der Waals surface area contributed by atoms with E-state index in [0.29, 0.717) is 17.3 Å². The van der Waals surface area contributed by atoms with Gasteiger partial charge in [0.2, 0.25) is 0 Å². The van der Waals surface area contributed by atoms with Crippen LogP contribution in [0.15, 0.2) is 24.4 Å². The number of thiazole rings is 1. The molecule has 1 fully saturated rings. The van der Waals surface area contributed by atoms with Crippen molar-refractivity contribution < 1.29 is 19.1 Å². The number of rotatable bonds is 6. The molecule has 1 aliphatic rings. The van der Waals surface area contributed by atoms with E-state index in [1.807, 2.05) is 26.1 Å². The molecular formula is C23H32N4O4S. The summed E-state index contributed by atoms with van der Waals surface area (Å²) in [5.41, 5.74) is 8.30. The molecule has 9 heteroatoms. The maximum atomic E-state index is 11.8. The predicted molar refractivity (Wildman–Crippen MR) is 127 cm³/mol. The average molecular weight is 461 g/mol. The van der Waals surface area contributed by atoms with Crippen molar-refractivity contribution in [2.24, 2.45) is 0 Å². The summed E-state index contributed by atoms with van der Waals surface area (Å²) in [4.78, 5) is 29.2. The summed E-state index contributed by atoms with van der Waals surface area (Å²) < 4.78 is 10.3. The SMILES string of the molecule is CC(C)OC(=O)Nc1ccc(-c2cnc([C@H]3CC[C@H](NC(=O)OC(C)C)CC3)s2)c(N)c1. The Kier molecular flexibility index (Phi) is 7.95. The van der Waals surface area contributed by atoms with E-state index < -0.39 is 6.09 Å². The number of amides is 2. The zero-order chi connectivity index (χ0) is 23.3. The second-order valence-electron chi connectivity index (χ2n) is 8.59. The summed E-state index contributed by atoms with van der Waals surface area (Å²) in [5, 5.41) is 6.73. The lowest BCUT2D eigenvalue weighted by atomic mass is 9.86. The van der Waals surface area contributed by atoms with Gasteiger partial charge >= 0.3 is 12.2 Å². The van der Waals surface area contributed by atoms with Crippen LogP contribution in [-0.2, 0) is 9.47 Å². The third kappa shape index (κ3) is 6.59. The summed E-state index contributed by atoms with van der Waals surface area (Å²) in [7, 11) is 0. The minimum absolute atomic E-state index is 0.119. The lowest BCUT2D eigenvalue weighted by Gasteiger charge is -2.28. The molecule has 3 rings (SSSR count). The second kappa shape index (κ2) is 10.7. The number of carbonyl (C=O) groups is 2. The van der Waals surface area contributed by atoms with E-state index in [1.165, 1.54) is 0 Å². The van der Waals surface area contributed by atoms with Gasteiger partial charge in [0.05, 0.1) is 22.1 Å². The van der Waals surface area contributed by atoms with Crippen molar-refractivity contribution in [2.45, 2.75) is 77.5 Å². The van der Waals surface area contributed by atoms with E-state index in [1.54, 1.807) is 37.3 Å². The van der Waals surface area contributed by atoms with Gasteiger partial charge in [-0.25, -0.2) is 14.6 Å². The summed E-state index contributed by atoms with van der Waals surface area (Å²) in [5.74, 6) is 0.376. The van der Waals surface area contributed by atoms with Gasteiger partial charge < -0.3 is 20.5 Å². The molecule has 0 saturated heterocycles. The molecule has 0 aliphatic heterocycles. The summed E-state index contributed by atoms with van der Waals surface area (Å²) in [6.07, 6.45) is 4.44. The first-order valence-corrected chi connectivity index (χ1v) is 11.8. The van der Waals surface area contributed by atoms with Gasteiger partial charge in [-0.05, 0) is 71.6 Å². The number of ether oxygens (including phenoxy) is 2. The average Bonchev–Trinajstić information content (AvgIpc) is 3.17. The van der Waals surface area contributed by atoms with Crippen LogP contribution >= 0.6 is 11.3 Å². The number of hydrogen-bond donors (Lipinski definition) is 3. The van der Waals surface area contributed by atoms with Crippen molar-refractivity contribution in [3.05, 3.63) is 29.4 Å². The normalized spacial score (nSPS) is 18.4. The monoisotopic (exact) mass is 460 g/mol. The molecule has 1 aliphatic carbocycles. The van der Waals surface area contributed by atoms with E-state index in [2.05, 4.69) is 15.6 Å². The molecule has 32 heavy (non-hydrogen) atoms. The molecule has 0 atom stereocenters. The van der Waals surface area contributed by atoms with Crippen LogP contribution in [0.4, 0.5) is 21.0 Å². The molecule has 1 saturated carbocycles. The van der Waals surface area contributed by atoms with Gasteiger partial charge in [-0.15, -0.1) is 11.3 Å². The fourth-order valence-electron chi connectivity index (χ4n) is 3.73. The molecule has 1 aromatic carbocycles. The molecule has 0 radical (unpaired) electrons. The molecule has 1 heterocycles. The Labute approximate surface area is 192 Å². The number of carbonyl (C=O) groups excluding carboxylic acids is 2. The number of nitrogens with two attached hydrogens (primary N) is 1.